The normalized spacial score (nSPS) is 10.8. The SMILES string of the molecule is CCCCc1cc(NC(=O)Nc2ccc(Oc3ccnc(NC(=O)NCCCn4ccnc4)c3)c(Cl)c2Cl)n(-c2ccc(OC)cc2)n1. The molecule has 0 radical (unpaired) electrons. The van der Waals surface area contributed by atoms with Crippen molar-refractivity contribution in [2.75, 3.05) is 29.6 Å². The highest BCUT2D eigenvalue weighted by Gasteiger charge is 2.17. The number of hydrogen-bond acceptors (Lipinski definition) is 7. The van der Waals surface area contributed by atoms with Gasteiger partial charge in [0.05, 0.1) is 35.5 Å². The number of carbonyl (C=O) groups is 2. The van der Waals surface area contributed by atoms with Crippen LogP contribution in [0.15, 0.2) is 79.5 Å². The van der Waals surface area contributed by atoms with Gasteiger partial charge in [0.2, 0.25) is 0 Å². The van der Waals surface area contributed by atoms with Crippen LogP contribution in [-0.2, 0) is 13.0 Å². The van der Waals surface area contributed by atoms with Crippen molar-refractivity contribution in [3.05, 3.63) is 95.3 Å². The van der Waals surface area contributed by atoms with Gasteiger partial charge >= 0.3 is 12.1 Å². The summed E-state index contributed by atoms with van der Waals surface area (Å²) < 4.78 is 14.8. The molecule has 0 unspecified atom stereocenters. The Morgan fingerprint density at radius 2 is 1.73 bits per heavy atom. The van der Waals surface area contributed by atoms with Crippen molar-refractivity contribution < 1.29 is 19.1 Å². The number of imidazole rings is 1. The van der Waals surface area contributed by atoms with Gasteiger partial charge in [-0.2, -0.15) is 5.10 Å². The third-order valence-corrected chi connectivity index (χ3v) is 7.90. The quantitative estimate of drug-likeness (QED) is 0.0869. The van der Waals surface area contributed by atoms with E-state index in [2.05, 4.69) is 38.2 Å². The summed E-state index contributed by atoms with van der Waals surface area (Å²) in [6.07, 6.45) is 10.3. The topological polar surface area (TPSA) is 149 Å². The molecular formula is C33H35Cl2N9O4. The number of halogens is 2. The number of ether oxygens (including phenoxy) is 2. The predicted molar refractivity (Wildman–Crippen MR) is 186 cm³/mol. The third-order valence-electron chi connectivity index (χ3n) is 7.04. The smallest absolute Gasteiger partial charge is 0.324 e. The molecule has 48 heavy (non-hydrogen) atoms. The molecule has 0 aliphatic carbocycles. The lowest BCUT2D eigenvalue weighted by molar-refractivity contribution is 0.251. The first-order valence-electron chi connectivity index (χ1n) is 15.3. The van der Waals surface area contributed by atoms with Crippen molar-refractivity contribution in [2.45, 2.75) is 39.2 Å². The second-order valence-electron chi connectivity index (χ2n) is 10.6. The first-order chi connectivity index (χ1) is 23.3. The van der Waals surface area contributed by atoms with Crippen molar-refractivity contribution >= 4 is 52.6 Å². The van der Waals surface area contributed by atoms with Gasteiger partial charge < -0.3 is 24.7 Å². The average molecular weight is 693 g/mol. The number of benzene rings is 2. The molecule has 250 valence electrons. The van der Waals surface area contributed by atoms with Crippen LogP contribution >= 0.6 is 23.2 Å². The number of methoxy groups -OCH3 is 1. The Hall–Kier alpha value is -5.27. The van der Waals surface area contributed by atoms with E-state index in [0.29, 0.717) is 23.9 Å². The van der Waals surface area contributed by atoms with Crippen LogP contribution in [0.4, 0.5) is 26.9 Å². The Labute approximate surface area is 287 Å². The lowest BCUT2D eigenvalue weighted by Crippen LogP contribution is -2.30. The molecule has 0 fully saturated rings. The zero-order chi connectivity index (χ0) is 33.9. The van der Waals surface area contributed by atoms with E-state index in [-0.39, 0.29) is 27.3 Å². The molecule has 0 aliphatic heterocycles. The molecule has 0 saturated heterocycles. The Bertz CT molecular complexity index is 1830. The summed E-state index contributed by atoms with van der Waals surface area (Å²) in [4.78, 5) is 33.6. The minimum absolute atomic E-state index is 0.0825. The highest BCUT2D eigenvalue weighted by molar-refractivity contribution is 6.45. The number of carbonyl (C=O) groups excluding carboxylic acids is 2. The number of aryl methyl sites for hydroxylation is 2. The van der Waals surface area contributed by atoms with E-state index in [4.69, 9.17) is 37.8 Å². The number of nitrogens with one attached hydrogen (secondary N) is 4. The summed E-state index contributed by atoms with van der Waals surface area (Å²) in [5.41, 5.74) is 1.88. The number of rotatable bonds is 14. The van der Waals surface area contributed by atoms with Crippen LogP contribution in [0.3, 0.4) is 0 Å². The summed E-state index contributed by atoms with van der Waals surface area (Å²) >= 11 is 13.1. The maximum Gasteiger partial charge on any atom is 0.324 e. The van der Waals surface area contributed by atoms with Crippen molar-refractivity contribution in [1.82, 2.24) is 29.6 Å². The lowest BCUT2D eigenvalue weighted by Gasteiger charge is -2.14. The number of anilines is 3. The van der Waals surface area contributed by atoms with E-state index in [1.807, 2.05) is 41.1 Å². The fraction of sp³-hybridized carbons (Fsp3) is 0.242. The molecule has 15 heteroatoms. The monoisotopic (exact) mass is 691 g/mol. The molecule has 13 nitrogen and oxygen atoms in total. The maximum atomic E-state index is 13.1. The molecule has 2 aromatic carbocycles. The van der Waals surface area contributed by atoms with Crippen LogP contribution in [0.2, 0.25) is 10.0 Å². The Kier molecular flexibility index (Phi) is 11.7. The zero-order valence-electron chi connectivity index (χ0n) is 26.4. The molecule has 0 atom stereocenters. The van der Waals surface area contributed by atoms with Crippen LogP contribution in [0.1, 0.15) is 31.9 Å². The molecule has 5 rings (SSSR count). The van der Waals surface area contributed by atoms with Crippen LogP contribution in [-0.4, -0.2) is 50.0 Å². The number of urea groups is 2. The standard InChI is InChI=1S/C33H35Cl2N9O4/c1-3-4-6-22-19-29(44(42-22)23-7-9-24(47-2)10-8-23)41-33(46)39-26-11-12-27(31(35)30(26)34)48-25-13-15-37-28(20-25)40-32(45)38-14-5-17-43-18-16-36-21-43/h7-13,15-16,18-21H,3-6,14,17H2,1-2H3,(H2,39,41,46)(H2,37,38,40,45). The van der Waals surface area contributed by atoms with E-state index in [1.165, 1.54) is 6.20 Å². The molecule has 4 N–H and O–H groups in total. The van der Waals surface area contributed by atoms with Crippen molar-refractivity contribution in [3.8, 4) is 22.9 Å². The van der Waals surface area contributed by atoms with Gasteiger partial charge in [-0.05, 0) is 61.7 Å². The second-order valence-corrected chi connectivity index (χ2v) is 11.3. The molecule has 0 saturated carbocycles. The molecule has 4 amide bonds. The number of hydrogen-bond donors (Lipinski definition) is 4. The van der Waals surface area contributed by atoms with E-state index >= 15 is 0 Å². The number of nitrogens with zero attached hydrogens (tertiary/aromatic N) is 5. The Balaban J connectivity index is 1.20. The number of unbranched alkanes of at least 4 members (excludes halogenated alkanes) is 1. The second kappa shape index (κ2) is 16.5. The molecule has 3 aromatic heterocycles. The van der Waals surface area contributed by atoms with Gasteiger partial charge in [-0.25, -0.2) is 24.2 Å². The van der Waals surface area contributed by atoms with Gasteiger partial charge in [0.1, 0.15) is 33.9 Å². The van der Waals surface area contributed by atoms with Crippen molar-refractivity contribution in [3.63, 3.8) is 0 Å². The minimum Gasteiger partial charge on any atom is -0.497 e. The highest BCUT2D eigenvalue weighted by atomic mass is 35.5. The van der Waals surface area contributed by atoms with Crippen LogP contribution < -0.4 is 30.7 Å². The van der Waals surface area contributed by atoms with Gasteiger partial charge in [-0.1, -0.05) is 36.5 Å². The van der Waals surface area contributed by atoms with Gasteiger partial charge in [-0.15, -0.1) is 0 Å². The molecule has 0 spiro atoms. The van der Waals surface area contributed by atoms with E-state index in [9.17, 15) is 9.59 Å². The van der Waals surface area contributed by atoms with E-state index < -0.39 is 12.1 Å². The van der Waals surface area contributed by atoms with Gasteiger partial charge in [-0.3, -0.25) is 10.6 Å². The number of aromatic nitrogens is 5. The Morgan fingerprint density at radius 3 is 2.48 bits per heavy atom. The molecular weight excluding hydrogens is 657 g/mol. The summed E-state index contributed by atoms with van der Waals surface area (Å²) in [7, 11) is 1.60. The number of amides is 4. The third kappa shape index (κ3) is 9.17. The van der Waals surface area contributed by atoms with Crippen LogP contribution in [0, 0.1) is 0 Å². The Morgan fingerprint density at radius 1 is 0.896 bits per heavy atom. The predicted octanol–water partition coefficient (Wildman–Crippen LogP) is 7.77. The maximum absolute atomic E-state index is 13.1. The molecule has 0 aliphatic rings. The first kappa shape index (κ1) is 34.1. The van der Waals surface area contributed by atoms with Gasteiger partial charge in [0.15, 0.2) is 0 Å². The summed E-state index contributed by atoms with van der Waals surface area (Å²) in [6, 6.07) is 14.6. The summed E-state index contributed by atoms with van der Waals surface area (Å²) in [5, 5.41) is 16.0. The van der Waals surface area contributed by atoms with Crippen LogP contribution in [0.5, 0.6) is 17.2 Å². The van der Waals surface area contributed by atoms with Gasteiger partial charge in [0, 0.05) is 43.8 Å². The molecule has 0 bridgehead atoms. The fourth-order valence-electron chi connectivity index (χ4n) is 4.61. The van der Waals surface area contributed by atoms with E-state index in [1.54, 1.807) is 48.6 Å². The first-order valence-corrected chi connectivity index (χ1v) is 16.0. The van der Waals surface area contributed by atoms with E-state index in [0.717, 1.165) is 43.6 Å². The van der Waals surface area contributed by atoms with Crippen LogP contribution in [0.25, 0.3) is 5.69 Å². The highest BCUT2D eigenvalue weighted by Crippen LogP contribution is 2.39. The molecule has 3 heterocycles. The van der Waals surface area contributed by atoms with Gasteiger partial charge in [0.25, 0.3) is 0 Å². The minimum atomic E-state index is -0.539. The number of pyridine rings is 1. The zero-order valence-corrected chi connectivity index (χ0v) is 27.9. The van der Waals surface area contributed by atoms with Crippen molar-refractivity contribution in [2.24, 2.45) is 0 Å². The lowest BCUT2D eigenvalue weighted by atomic mass is 10.2. The van der Waals surface area contributed by atoms with Crippen molar-refractivity contribution in [1.29, 1.82) is 0 Å². The summed E-state index contributed by atoms with van der Waals surface area (Å²) in [6.45, 7) is 3.32. The summed E-state index contributed by atoms with van der Waals surface area (Å²) in [5.74, 6) is 2.08. The molecule has 5 aromatic rings. The fourth-order valence-corrected chi connectivity index (χ4v) is 5.02. The largest absolute Gasteiger partial charge is 0.497 e. The average Bonchev–Trinajstić information content (AvgIpc) is 3.76.